The summed E-state index contributed by atoms with van der Waals surface area (Å²) in [5.74, 6) is 0.641. The zero-order valence-electron chi connectivity index (χ0n) is 10.0. The van der Waals surface area contributed by atoms with E-state index in [0.717, 1.165) is 0 Å². The maximum Gasteiger partial charge on any atom is 0.0749 e. The number of rotatable bonds is 1. The summed E-state index contributed by atoms with van der Waals surface area (Å²) in [7, 11) is 6.49. The molecule has 1 aliphatic carbocycles. The van der Waals surface area contributed by atoms with Crippen molar-refractivity contribution in [2.24, 2.45) is 5.92 Å². The van der Waals surface area contributed by atoms with Crippen LogP contribution in [0.4, 0.5) is 0 Å². The van der Waals surface area contributed by atoms with Crippen LogP contribution in [0, 0.1) is 5.92 Å². The molecule has 0 aromatic heterocycles. The first-order chi connectivity index (χ1) is 6.65. The van der Waals surface area contributed by atoms with E-state index in [4.69, 9.17) is 7.85 Å². The van der Waals surface area contributed by atoms with Gasteiger partial charge in [-0.2, -0.15) is 0 Å². The van der Waals surface area contributed by atoms with Crippen molar-refractivity contribution in [3.8, 4) is 0 Å². The first-order valence-corrected chi connectivity index (χ1v) is 6.44. The van der Waals surface area contributed by atoms with Crippen LogP contribution in [0.2, 0.25) is 5.31 Å². The van der Waals surface area contributed by atoms with Crippen LogP contribution in [-0.4, -0.2) is 7.85 Å². The van der Waals surface area contributed by atoms with Gasteiger partial charge in [0, 0.05) is 0 Å². The van der Waals surface area contributed by atoms with E-state index in [2.05, 4.69) is 13.8 Å². The normalized spacial score (nSPS) is 24.8. The lowest BCUT2D eigenvalue weighted by atomic mass is 9.56. The zero-order chi connectivity index (χ0) is 10.4. The van der Waals surface area contributed by atoms with Gasteiger partial charge in [-0.3, -0.25) is 0 Å². The van der Waals surface area contributed by atoms with Crippen molar-refractivity contribution >= 4 is 7.85 Å². The topological polar surface area (TPSA) is 0 Å². The van der Waals surface area contributed by atoms with Crippen molar-refractivity contribution in [1.29, 1.82) is 0 Å². The van der Waals surface area contributed by atoms with Crippen molar-refractivity contribution in [1.82, 2.24) is 0 Å². The molecule has 0 bridgehead atoms. The van der Waals surface area contributed by atoms with E-state index in [-0.39, 0.29) is 5.31 Å². The third-order valence-electron chi connectivity index (χ3n) is 3.93. The van der Waals surface area contributed by atoms with Gasteiger partial charge in [0.2, 0.25) is 0 Å². The molecule has 1 saturated carbocycles. The summed E-state index contributed by atoms with van der Waals surface area (Å²) in [5.41, 5.74) is 0. The SMILES string of the molecule is [B]C1(C(C)C)CCCCCCCCC1. The van der Waals surface area contributed by atoms with Gasteiger partial charge < -0.3 is 0 Å². The molecule has 14 heavy (non-hydrogen) atoms. The Balaban J connectivity index is 2.45. The van der Waals surface area contributed by atoms with Crippen LogP contribution in [0.15, 0.2) is 0 Å². The molecule has 0 heterocycles. The summed E-state index contributed by atoms with van der Waals surface area (Å²) in [5, 5.41) is 0.136. The van der Waals surface area contributed by atoms with Crippen LogP contribution < -0.4 is 0 Å². The molecule has 0 atom stereocenters. The molecule has 0 unspecified atom stereocenters. The minimum atomic E-state index is 0.136. The van der Waals surface area contributed by atoms with Crippen LogP contribution in [0.25, 0.3) is 0 Å². The Morgan fingerprint density at radius 2 is 1.14 bits per heavy atom. The monoisotopic (exact) mass is 192 g/mol. The maximum atomic E-state index is 6.49. The molecule has 1 rings (SSSR count). The highest BCUT2D eigenvalue weighted by Gasteiger charge is 2.26. The quantitative estimate of drug-likeness (QED) is 0.537. The van der Waals surface area contributed by atoms with Gasteiger partial charge in [-0.1, -0.05) is 76.9 Å². The maximum absolute atomic E-state index is 6.49. The summed E-state index contributed by atoms with van der Waals surface area (Å²) in [4.78, 5) is 0. The Morgan fingerprint density at radius 1 is 0.786 bits per heavy atom. The second-order valence-electron chi connectivity index (χ2n) is 5.36. The van der Waals surface area contributed by atoms with Gasteiger partial charge >= 0.3 is 0 Å². The van der Waals surface area contributed by atoms with Gasteiger partial charge in [-0.05, 0) is 5.92 Å². The molecule has 0 amide bonds. The predicted molar refractivity (Wildman–Crippen MR) is 64.8 cm³/mol. The molecule has 80 valence electrons. The van der Waals surface area contributed by atoms with Gasteiger partial charge in [0.1, 0.15) is 0 Å². The highest BCUT2D eigenvalue weighted by atomic mass is 14.3. The first kappa shape index (κ1) is 12.1. The van der Waals surface area contributed by atoms with Crippen LogP contribution >= 0.6 is 0 Å². The Morgan fingerprint density at radius 3 is 1.50 bits per heavy atom. The Labute approximate surface area is 91.3 Å². The molecule has 2 radical (unpaired) electrons. The van der Waals surface area contributed by atoms with Crippen molar-refractivity contribution < 1.29 is 0 Å². The smallest absolute Gasteiger partial charge is 0.0638 e. The Hall–Kier alpha value is 0.0649. The Kier molecular flexibility index (Phi) is 5.05. The van der Waals surface area contributed by atoms with E-state index < -0.39 is 0 Å². The van der Waals surface area contributed by atoms with Crippen LogP contribution in [0.3, 0.4) is 0 Å². The van der Waals surface area contributed by atoms with Crippen molar-refractivity contribution in [2.45, 2.75) is 76.9 Å². The third-order valence-corrected chi connectivity index (χ3v) is 3.93. The minimum Gasteiger partial charge on any atom is -0.0638 e. The summed E-state index contributed by atoms with van der Waals surface area (Å²) >= 11 is 0. The van der Waals surface area contributed by atoms with E-state index >= 15 is 0 Å². The largest absolute Gasteiger partial charge is 0.0749 e. The van der Waals surface area contributed by atoms with Gasteiger partial charge in [0.25, 0.3) is 0 Å². The van der Waals surface area contributed by atoms with Crippen LogP contribution in [0.5, 0.6) is 0 Å². The fourth-order valence-corrected chi connectivity index (χ4v) is 2.49. The molecular weight excluding hydrogens is 167 g/mol. The van der Waals surface area contributed by atoms with Gasteiger partial charge in [0.15, 0.2) is 0 Å². The molecule has 1 fully saturated rings. The summed E-state index contributed by atoms with van der Waals surface area (Å²) in [6, 6.07) is 0. The first-order valence-electron chi connectivity index (χ1n) is 6.44. The second kappa shape index (κ2) is 5.83. The van der Waals surface area contributed by atoms with Crippen LogP contribution in [-0.2, 0) is 0 Å². The molecule has 0 spiro atoms. The molecule has 0 nitrogen and oxygen atoms in total. The lowest BCUT2D eigenvalue weighted by Gasteiger charge is -2.35. The highest BCUT2D eigenvalue weighted by molar-refractivity contribution is 6.15. The molecule has 0 aromatic carbocycles. The summed E-state index contributed by atoms with van der Waals surface area (Å²) in [6.07, 6.45) is 12.2. The van der Waals surface area contributed by atoms with E-state index in [1.165, 1.54) is 57.8 Å². The lowest BCUT2D eigenvalue weighted by Crippen LogP contribution is -2.20. The van der Waals surface area contributed by atoms with Crippen molar-refractivity contribution in [3.63, 3.8) is 0 Å². The molecule has 0 aromatic rings. The molecule has 1 aliphatic rings. The predicted octanol–water partition coefficient (Wildman–Crippen LogP) is 4.49. The van der Waals surface area contributed by atoms with Gasteiger partial charge in [0.05, 0.1) is 7.85 Å². The number of hydrogen-bond donors (Lipinski definition) is 0. The molecule has 0 aliphatic heterocycles. The van der Waals surface area contributed by atoms with Crippen molar-refractivity contribution in [3.05, 3.63) is 0 Å². The minimum absolute atomic E-state index is 0.136. The van der Waals surface area contributed by atoms with E-state index in [0.29, 0.717) is 5.92 Å². The standard InChI is InChI=1S/C13H25B/c1-12(2)13(14)10-8-6-4-3-5-7-9-11-13/h12H,3-11H2,1-2H3. The Bertz CT molecular complexity index is 141. The average Bonchev–Trinajstić information content (AvgIpc) is 2.16. The molecule has 1 heteroatoms. The average molecular weight is 192 g/mol. The molecule has 0 N–H and O–H groups in total. The van der Waals surface area contributed by atoms with E-state index in [9.17, 15) is 0 Å². The molecular formula is C13H25B. The number of hydrogen-bond acceptors (Lipinski definition) is 0. The summed E-state index contributed by atoms with van der Waals surface area (Å²) in [6.45, 7) is 4.57. The highest BCUT2D eigenvalue weighted by Crippen LogP contribution is 2.43. The van der Waals surface area contributed by atoms with E-state index in [1.54, 1.807) is 0 Å². The van der Waals surface area contributed by atoms with E-state index in [1.807, 2.05) is 0 Å². The zero-order valence-corrected chi connectivity index (χ0v) is 10.0. The third kappa shape index (κ3) is 3.67. The second-order valence-corrected chi connectivity index (χ2v) is 5.36. The molecule has 0 saturated heterocycles. The van der Waals surface area contributed by atoms with Crippen molar-refractivity contribution in [2.75, 3.05) is 0 Å². The fraction of sp³-hybridized carbons (Fsp3) is 1.00. The summed E-state index contributed by atoms with van der Waals surface area (Å²) < 4.78 is 0. The van der Waals surface area contributed by atoms with Crippen LogP contribution in [0.1, 0.15) is 71.6 Å². The lowest BCUT2D eigenvalue weighted by molar-refractivity contribution is 0.327. The van der Waals surface area contributed by atoms with Gasteiger partial charge in [-0.15, -0.1) is 0 Å². The fourth-order valence-electron chi connectivity index (χ4n) is 2.49. The van der Waals surface area contributed by atoms with Gasteiger partial charge in [-0.25, -0.2) is 0 Å².